The number of hydrogen-bond donors (Lipinski definition) is 0. The molecule has 2 aromatic rings. The van der Waals surface area contributed by atoms with E-state index in [-0.39, 0.29) is 32.0 Å². The number of halogens is 3. The van der Waals surface area contributed by atoms with Crippen molar-refractivity contribution in [1.29, 1.82) is 0 Å². The van der Waals surface area contributed by atoms with Gasteiger partial charge in [0.05, 0.1) is 0 Å². The molecule has 96 valence electrons. The van der Waals surface area contributed by atoms with Crippen LogP contribution in [0.4, 0.5) is 4.39 Å². The van der Waals surface area contributed by atoms with E-state index in [1.165, 1.54) is 26.3 Å². The van der Waals surface area contributed by atoms with Gasteiger partial charge in [0.25, 0.3) is 0 Å². The Morgan fingerprint density at radius 1 is 1.00 bits per heavy atom. The topological polar surface area (TPSA) is 0 Å². The van der Waals surface area contributed by atoms with Crippen LogP contribution in [0.3, 0.4) is 0 Å². The summed E-state index contributed by atoms with van der Waals surface area (Å²) >= 11 is 5.52. The van der Waals surface area contributed by atoms with E-state index in [2.05, 4.69) is 32.9 Å². The van der Waals surface area contributed by atoms with Gasteiger partial charge in [-0.3, -0.25) is 0 Å². The molecule has 0 spiro atoms. The van der Waals surface area contributed by atoms with Crippen molar-refractivity contribution in [2.24, 2.45) is 0 Å². The Balaban J connectivity index is 2.37. The molecule has 0 saturated heterocycles. The maximum atomic E-state index is 13.1. The summed E-state index contributed by atoms with van der Waals surface area (Å²) in [6.45, 7) is 6.39. The van der Waals surface area contributed by atoms with Crippen molar-refractivity contribution in [1.82, 2.24) is 0 Å². The molecule has 0 fully saturated rings. The molecule has 3 heteroatoms. The van der Waals surface area contributed by atoms with Gasteiger partial charge < -0.3 is 0 Å². The summed E-state index contributed by atoms with van der Waals surface area (Å²) in [4.78, 5) is 0. The van der Waals surface area contributed by atoms with Gasteiger partial charge in [-0.25, -0.2) is 0 Å². The van der Waals surface area contributed by atoms with Crippen LogP contribution in [-0.4, -0.2) is 0 Å². The van der Waals surface area contributed by atoms with Crippen LogP contribution >= 0.6 is 11.6 Å². The van der Waals surface area contributed by atoms with Crippen molar-refractivity contribution < 1.29 is 25.6 Å². The predicted octanol–water partition coefficient (Wildman–Crippen LogP) is 1.53. The molecule has 0 aliphatic carbocycles. The molecule has 0 aliphatic heterocycles. The summed E-state index contributed by atoms with van der Waals surface area (Å²) in [5.74, 6) is -0.346. The minimum atomic E-state index is -0.346. The molecule has 0 N–H and O–H groups in total. The fourth-order valence-electron chi connectivity index (χ4n) is 1.95. The third-order valence-corrected chi connectivity index (χ3v) is 6.49. The molecule has 0 atom stereocenters. The van der Waals surface area contributed by atoms with Gasteiger partial charge in [0.15, 0.2) is 0 Å². The van der Waals surface area contributed by atoms with Gasteiger partial charge in [0.1, 0.15) is 0 Å². The first-order chi connectivity index (χ1) is 8.47. The van der Waals surface area contributed by atoms with Crippen molar-refractivity contribution in [2.75, 3.05) is 0 Å². The fourth-order valence-corrected chi connectivity index (χ4v) is 4.93. The normalized spacial score (nSPS) is 10.9. The van der Waals surface area contributed by atoms with Crippen LogP contribution in [0.25, 0.3) is 0 Å². The van der Waals surface area contributed by atoms with Gasteiger partial charge in [-0.1, -0.05) is 0 Å². The van der Waals surface area contributed by atoms with Gasteiger partial charge in [0, 0.05) is 0 Å². The van der Waals surface area contributed by atoms with Crippen LogP contribution in [0.5, 0.6) is 0 Å². The van der Waals surface area contributed by atoms with Crippen molar-refractivity contribution >= 4 is 11.6 Å². The number of hydrogen-bond acceptors (Lipinski definition) is 0. The summed E-state index contributed by atoms with van der Waals surface area (Å²) < 4.78 is 15.7. The van der Waals surface area contributed by atoms with Crippen LogP contribution in [0.2, 0.25) is 5.02 Å². The molecule has 0 heterocycles. The summed E-state index contributed by atoms with van der Waals surface area (Å²) in [5.41, 5.74) is 3.93. The average Bonchev–Trinajstić information content (AvgIpc) is 2.28. The van der Waals surface area contributed by atoms with Crippen molar-refractivity contribution in [2.45, 2.75) is 20.8 Å². The molecular formula is C15H14ClFI-. The molecule has 2 aromatic carbocycles. The first-order valence-electron chi connectivity index (χ1n) is 5.65. The first-order valence-corrected chi connectivity index (χ1v) is 8.18. The van der Waals surface area contributed by atoms with Crippen LogP contribution in [0, 0.1) is 33.7 Å². The molecule has 0 aliphatic rings. The van der Waals surface area contributed by atoms with Crippen molar-refractivity contribution in [3.8, 4) is 0 Å². The Kier molecular flexibility index (Phi) is 4.28. The predicted molar refractivity (Wildman–Crippen MR) is 69.5 cm³/mol. The minimum absolute atomic E-state index is 0.217. The van der Waals surface area contributed by atoms with Crippen LogP contribution in [0.1, 0.15) is 16.7 Å². The molecule has 0 aromatic heterocycles. The maximum absolute atomic E-state index is 13.1. The molecule has 0 amide bonds. The third-order valence-electron chi connectivity index (χ3n) is 2.67. The number of rotatable bonds is 2. The summed E-state index contributed by atoms with van der Waals surface area (Å²) in [6, 6.07) is 9.45. The Morgan fingerprint density at radius 2 is 1.61 bits per heavy atom. The van der Waals surface area contributed by atoms with Gasteiger partial charge in [-0.05, 0) is 0 Å². The monoisotopic (exact) mass is 375 g/mol. The van der Waals surface area contributed by atoms with E-state index >= 15 is 0 Å². The van der Waals surface area contributed by atoms with Crippen molar-refractivity contribution in [3.63, 3.8) is 0 Å². The van der Waals surface area contributed by atoms with E-state index in [4.69, 9.17) is 11.6 Å². The quantitative estimate of drug-likeness (QED) is 0.552. The first kappa shape index (κ1) is 13.8. The molecule has 0 nitrogen and oxygen atoms in total. The second-order valence-electron chi connectivity index (χ2n) is 4.37. The molecular weight excluding hydrogens is 362 g/mol. The van der Waals surface area contributed by atoms with E-state index < -0.39 is 0 Å². The summed E-state index contributed by atoms with van der Waals surface area (Å²) in [5, 5.41) is 0.217. The van der Waals surface area contributed by atoms with E-state index in [1.54, 1.807) is 6.07 Å². The van der Waals surface area contributed by atoms with E-state index in [0.29, 0.717) is 0 Å². The van der Waals surface area contributed by atoms with Gasteiger partial charge in [-0.15, -0.1) is 0 Å². The van der Waals surface area contributed by atoms with Crippen LogP contribution < -0.4 is 21.2 Å². The Labute approximate surface area is 122 Å². The molecule has 0 bridgehead atoms. The van der Waals surface area contributed by atoms with Crippen LogP contribution in [-0.2, 0) is 0 Å². The summed E-state index contributed by atoms with van der Waals surface area (Å²) in [7, 11) is 0. The van der Waals surface area contributed by atoms with E-state index in [0.717, 1.165) is 3.57 Å². The second kappa shape index (κ2) is 5.57. The van der Waals surface area contributed by atoms with Crippen LogP contribution in [0.15, 0.2) is 30.3 Å². The van der Waals surface area contributed by atoms with Gasteiger partial charge in [0.2, 0.25) is 0 Å². The molecule has 2 rings (SSSR count). The zero-order valence-electron chi connectivity index (χ0n) is 10.5. The molecule has 18 heavy (non-hydrogen) atoms. The van der Waals surface area contributed by atoms with Gasteiger partial charge >= 0.3 is 123 Å². The van der Waals surface area contributed by atoms with Crippen molar-refractivity contribution in [3.05, 3.63) is 65.0 Å². The third kappa shape index (κ3) is 3.04. The second-order valence-corrected chi connectivity index (χ2v) is 7.64. The SMILES string of the molecule is Cc1cc(C)c([I-]c2ccc(F)c(Cl)c2)c(C)c1. The Morgan fingerprint density at radius 3 is 2.17 bits per heavy atom. The zero-order valence-corrected chi connectivity index (χ0v) is 13.4. The van der Waals surface area contributed by atoms with E-state index in [9.17, 15) is 4.39 Å². The number of aryl methyl sites for hydroxylation is 3. The van der Waals surface area contributed by atoms with Gasteiger partial charge in [-0.2, -0.15) is 0 Å². The Hall–Kier alpha value is -0.610. The Bertz CT molecular complexity index is 570. The average molecular weight is 376 g/mol. The summed E-state index contributed by atoms with van der Waals surface area (Å²) in [6.07, 6.45) is 0. The standard InChI is InChI=1S/C15H14ClFI/c1-9-6-10(2)15(11(3)7-9)18-12-4-5-14(17)13(16)8-12/h4-8H,1-3H3/q-1. The fraction of sp³-hybridized carbons (Fsp3) is 0.200. The zero-order chi connectivity index (χ0) is 13.3. The number of benzene rings is 2. The molecule has 0 unspecified atom stereocenters. The van der Waals surface area contributed by atoms with E-state index in [1.807, 2.05) is 6.07 Å². The molecule has 0 radical (unpaired) electrons. The molecule has 0 saturated carbocycles.